The molecule has 3 heterocycles. The van der Waals surface area contributed by atoms with Crippen molar-refractivity contribution >= 4 is 22.7 Å². The molecule has 0 aliphatic rings. The van der Waals surface area contributed by atoms with E-state index in [9.17, 15) is 18.4 Å². The molecule has 0 saturated carbocycles. The number of carbonyl (C=O) groups is 2. The normalized spacial score (nSPS) is 10.9. The summed E-state index contributed by atoms with van der Waals surface area (Å²) in [5.74, 6) is -4.38. The number of H-pyrrole nitrogens is 1. The van der Waals surface area contributed by atoms with Gasteiger partial charge in [0.15, 0.2) is 0 Å². The summed E-state index contributed by atoms with van der Waals surface area (Å²) in [5.41, 5.74) is 5.63. The molecule has 3 aromatic heterocycles. The molecular weight excluding hydrogens is 366 g/mol. The van der Waals surface area contributed by atoms with Gasteiger partial charge in [-0.2, -0.15) is 0 Å². The molecule has 138 valence electrons. The maximum atomic E-state index is 14.6. The molecule has 1 aromatic carbocycles. The van der Waals surface area contributed by atoms with E-state index in [-0.39, 0.29) is 5.56 Å². The van der Waals surface area contributed by atoms with Gasteiger partial charge in [0.05, 0.1) is 11.1 Å². The topological polar surface area (TPSA) is 102 Å². The summed E-state index contributed by atoms with van der Waals surface area (Å²) in [4.78, 5) is 35.2. The number of benzene rings is 1. The minimum atomic E-state index is -1.29. The van der Waals surface area contributed by atoms with Crippen molar-refractivity contribution < 1.29 is 18.4 Å². The number of ketones is 1. The molecule has 0 bridgehead atoms. The van der Waals surface area contributed by atoms with Gasteiger partial charge in [-0.1, -0.05) is 0 Å². The van der Waals surface area contributed by atoms with Gasteiger partial charge in [-0.05, 0) is 35.9 Å². The maximum Gasteiger partial charge on any atom is 0.251 e. The zero-order chi connectivity index (χ0) is 19.8. The summed E-state index contributed by atoms with van der Waals surface area (Å²) in [7, 11) is 0. The maximum absolute atomic E-state index is 14.6. The Morgan fingerprint density at radius 2 is 1.75 bits per heavy atom. The van der Waals surface area contributed by atoms with Gasteiger partial charge in [0.1, 0.15) is 17.3 Å². The summed E-state index contributed by atoms with van der Waals surface area (Å²) in [6, 6.07) is 6.97. The van der Waals surface area contributed by atoms with Crippen LogP contribution < -0.4 is 5.73 Å². The Morgan fingerprint density at radius 1 is 1.00 bits per heavy atom. The molecule has 0 atom stereocenters. The lowest BCUT2D eigenvalue weighted by molar-refractivity contribution is 0.0996. The third-order valence-corrected chi connectivity index (χ3v) is 4.37. The summed E-state index contributed by atoms with van der Waals surface area (Å²) < 4.78 is 28.8. The number of rotatable bonds is 4. The number of pyridine rings is 2. The number of fused-ring (bicyclic) bond motifs is 1. The third-order valence-electron chi connectivity index (χ3n) is 4.37. The number of aromatic nitrogens is 3. The first kappa shape index (κ1) is 17.5. The van der Waals surface area contributed by atoms with Gasteiger partial charge >= 0.3 is 0 Å². The van der Waals surface area contributed by atoms with Crippen molar-refractivity contribution in [2.75, 3.05) is 0 Å². The van der Waals surface area contributed by atoms with Crippen LogP contribution in [0.2, 0.25) is 0 Å². The third kappa shape index (κ3) is 2.81. The summed E-state index contributed by atoms with van der Waals surface area (Å²) in [6.45, 7) is 0. The number of nitrogens with zero attached hydrogens (tertiary/aromatic N) is 2. The molecule has 3 N–H and O–H groups in total. The van der Waals surface area contributed by atoms with Crippen LogP contribution in [0, 0.1) is 11.6 Å². The molecule has 0 saturated heterocycles. The van der Waals surface area contributed by atoms with E-state index in [0.717, 1.165) is 17.7 Å². The smallest absolute Gasteiger partial charge is 0.251 e. The van der Waals surface area contributed by atoms with Crippen LogP contribution in [0.25, 0.3) is 22.2 Å². The molecule has 4 aromatic rings. The fourth-order valence-electron chi connectivity index (χ4n) is 2.98. The minimum absolute atomic E-state index is 0.0258. The highest BCUT2D eigenvalue weighted by Gasteiger charge is 2.25. The molecule has 0 aliphatic heterocycles. The van der Waals surface area contributed by atoms with Gasteiger partial charge < -0.3 is 10.7 Å². The average Bonchev–Trinajstić information content (AvgIpc) is 3.11. The SMILES string of the molecule is NC(=O)c1ccc(F)c(C(=O)c2c[nH]c3ncc(-c4ccncc4)cc23)c1F. The number of hydrogen-bond donors (Lipinski definition) is 2. The number of primary amides is 1. The number of hydrogen-bond acceptors (Lipinski definition) is 4. The molecule has 28 heavy (non-hydrogen) atoms. The molecule has 0 fully saturated rings. The Labute approximate surface area is 157 Å². The molecule has 0 unspecified atom stereocenters. The summed E-state index contributed by atoms with van der Waals surface area (Å²) in [6.07, 6.45) is 6.16. The van der Waals surface area contributed by atoms with Crippen molar-refractivity contribution in [1.82, 2.24) is 15.0 Å². The monoisotopic (exact) mass is 378 g/mol. The van der Waals surface area contributed by atoms with Gasteiger partial charge in [-0.25, -0.2) is 13.8 Å². The van der Waals surface area contributed by atoms with Crippen molar-refractivity contribution in [1.29, 1.82) is 0 Å². The molecule has 8 heteroatoms. The van der Waals surface area contributed by atoms with Crippen molar-refractivity contribution in [3.63, 3.8) is 0 Å². The highest BCUT2D eigenvalue weighted by molar-refractivity contribution is 6.17. The molecule has 6 nitrogen and oxygen atoms in total. The van der Waals surface area contributed by atoms with Crippen LogP contribution in [0.1, 0.15) is 26.3 Å². The lowest BCUT2D eigenvalue weighted by atomic mass is 9.98. The summed E-state index contributed by atoms with van der Waals surface area (Å²) >= 11 is 0. The average molecular weight is 378 g/mol. The van der Waals surface area contributed by atoms with Gasteiger partial charge in [0.25, 0.3) is 5.91 Å². The molecular formula is C20H12F2N4O2. The van der Waals surface area contributed by atoms with Crippen molar-refractivity contribution in [2.24, 2.45) is 5.73 Å². The van der Waals surface area contributed by atoms with Crippen LogP contribution in [0.15, 0.2) is 55.1 Å². The number of nitrogens with two attached hydrogens (primary N) is 1. The number of amides is 1. The van der Waals surface area contributed by atoms with Crippen LogP contribution in [0.5, 0.6) is 0 Å². The van der Waals surface area contributed by atoms with Crippen molar-refractivity contribution in [3.8, 4) is 11.1 Å². The molecule has 0 radical (unpaired) electrons. The zero-order valence-electron chi connectivity index (χ0n) is 14.2. The lowest BCUT2D eigenvalue weighted by Crippen LogP contribution is -2.17. The molecule has 0 spiro atoms. The summed E-state index contributed by atoms with van der Waals surface area (Å²) in [5, 5.41) is 0.391. The van der Waals surface area contributed by atoms with E-state index in [4.69, 9.17) is 5.73 Å². The Kier molecular flexibility index (Phi) is 4.15. The number of carbonyl (C=O) groups excluding carboxylic acids is 2. The van der Waals surface area contributed by atoms with Gasteiger partial charge in [-0.15, -0.1) is 0 Å². The van der Waals surface area contributed by atoms with Crippen LogP contribution in [0.3, 0.4) is 0 Å². The fourth-order valence-corrected chi connectivity index (χ4v) is 2.98. The van der Waals surface area contributed by atoms with Crippen molar-refractivity contribution in [2.45, 2.75) is 0 Å². The van der Waals surface area contributed by atoms with Crippen LogP contribution >= 0.6 is 0 Å². The molecule has 0 aliphatic carbocycles. The van der Waals surface area contributed by atoms with Crippen LogP contribution in [-0.4, -0.2) is 26.6 Å². The highest BCUT2D eigenvalue weighted by atomic mass is 19.1. The second-order valence-corrected chi connectivity index (χ2v) is 6.04. The Hall–Kier alpha value is -3.94. The predicted octanol–water partition coefficient (Wildman–Crippen LogP) is 3.23. The number of aromatic amines is 1. The first-order valence-electron chi connectivity index (χ1n) is 8.17. The van der Waals surface area contributed by atoms with E-state index in [2.05, 4.69) is 15.0 Å². The van der Waals surface area contributed by atoms with Crippen LogP contribution in [-0.2, 0) is 0 Å². The van der Waals surface area contributed by atoms with Gasteiger partial charge in [0.2, 0.25) is 5.78 Å². The van der Waals surface area contributed by atoms with Gasteiger partial charge in [-0.3, -0.25) is 14.6 Å². The largest absolute Gasteiger partial charge is 0.366 e. The van der Waals surface area contributed by atoms with Gasteiger partial charge in [0, 0.05) is 41.3 Å². The van der Waals surface area contributed by atoms with Crippen molar-refractivity contribution in [3.05, 3.63) is 83.4 Å². The first-order chi connectivity index (χ1) is 13.5. The Balaban J connectivity index is 1.87. The zero-order valence-corrected chi connectivity index (χ0v) is 14.2. The van der Waals surface area contributed by atoms with E-state index in [1.165, 1.54) is 6.20 Å². The predicted molar refractivity (Wildman–Crippen MR) is 97.6 cm³/mol. The number of nitrogens with one attached hydrogen (secondary N) is 1. The second kappa shape index (κ2) is 6.66. The standard InChI is InChI=1S/C20H12F2N4O2/c21-15-2-1-12(19(23)28)17(22)16(15)18(27)14-9-26-20-13(14)7-11(8-25-20)10-3-5-24-6-4-10/h1-9H,(H2,23,28)(H,25,26). The highest BCUT2D eigenvalue weighted by Crippen LogP contribution is 2.27. The van der Waals surface area contributed by atoms with E-state index in [1.807, 2.05) is 0 Å². The Morgan fingerprint density at radius 3 is 2.46 bits per heavy atom. The quantitative estimate of drug-likeness (QED) is 0.532. The van der Waals surface area contributed by atoms with E-state index < -0.39 is 34.5 Å². The van der Waals surface area contributed by atoms with E-state index in [1.54, 1.807) is 36.8 Å². The van der Waals surface area contributed by atoms with E-state index in [0.29, 0.717) is 16.6 Å². The molecule has 1 amide bonds. The fraction of sp³-hybridized carbons (Fsp3) is 0. The minimum Gasteiger partial charge on any atom is -0.366 e. The number of halogens is 2. The molecule has 4 rings (SSSR count). The van der Waals surface area contributed by atoms with Crippen LogP contribution in [0.4, 0.5) is 8.78 Å². The first-order valence-corrected chi connectivity index (χ1v) is 8.17. The Bertz CT molecular complexity index is 1240. The van der Waals surface area contributed by atoms with E-state index >= 15 is 0 Å². The second-order valence-electron chi connectivity index (χ2n) is 6.04. The lowest BCUT2D eigenvalue weighted by Gasteiger charge is -2.07.